The number of anilines is 1. The second kappa shape index (κ2) is 6.44. The first-order chi connectivity index (χ1) is 10.3. The lowest BCUT2D eigenvalue weighted by Crippen LogP contribution is -2.27. The summed E-state index contributed by atoms with van der Waals surface area (Å²) in [5, 5.41) is 6.39. The third-order valence-electron chi connectivity index (χ3n) is 3.88. The number of hydrogen-bond acceptors (Lipinski definition) is 2. The smallest absolute Gasteiger partial charge is 0.251 e. The Morgan fingerprint density at radius 2 is 1.95 bits per heavy atom. The molecule has 1 heterocycles. The molecule has 0 aromatic heterocycles. The molecule has 1 aliphatic heterocycles. The van der Waals surface area contributed by atoms with E-state index >= 15 is 0 Å². The number of hydrogen-bond donors (Lipinski definition) is 2. The Morgan fingerprint density at radius 1 is 1.10 bits per heavy atom. The van der Waals surface area contributed by atoms with Crippen LogP contribution in [0, 0.1) is 0 Å². The van der Waals surface area contributed by atoms with Crippen LogP contribution in [0.1, 0.15) is 27.9 Å². The van der Waals surface area contributed by atoms with Gasteiger partial charge in [0.05, 0.1) is 0 Å². The molecule has 0 saturated carbocycles. The summed E-state index contributed by atoms with van der Waals surface area (Å²) < 4.78 is 0. The summed E-state index contributed by atoms with van der Waals surface area (Å²) in [4.78, 5) is 12.4. The molecule has 108 valence electrons. The van der Waals surface area contributed by atoms with Gasteiger partial charge in [0.1, 0.15) is 0 Å². The van der Waals surface area contributed by atoms with Gasteiger partial charge in [-0.15, -0.1) is 0 Å². The Bertz CT molecular complexity index is 622. The summed E-state index contributed by atoms with van der Waals surface area (Å²) in [7, 11) is 0. The van der Waals surface area contributed by atoms with Crippen LogP contribution in [0.3, 0.4) is 0 Å². The van der Waals surface area contributed by atoms with Gasteiger partial charge >= 0.3 is 0 Å². The molecule has 0 saturated heterocycles. The van der Waals surface area contributed by atoms with Crippen molar-refractivity contribution in [1.29, 1.82) is 0 Å². The fourth-order valence-electron chi connectivity index (χ4n) is 2.78. The van der Waals surface area contributed by atoms with Crippen molar-refractivity contribution in [3.05, 3.63) is 65.2 Å². The lowest BCUT2D eigenvalue weighted by atomic mass is 9.97. The highest BCUT2D eigenvalue weighted by Crippen LogP contribution is 2.25. The van der Waals surface area contributed by atoms with E-state index in [2.05, 4.69) is 28.8 Å². The molecule has 0 fully saturated rings. The highest BCUT2D eigenvalue weighted by atomic mass is 16.1. The average molecular weight is 280 g/mol. The van der Waals surface area contributed by atoms with Crippen molar-refractivity contribution >= 4 is 11.6 Å². The van der Waals surface area contributed by atoms with E-state index in [9.17, 15) is 4.79 Å². The molecule has 2 aromatic rings. The highest BCUT2D eigenvalue weighted by Gasteiger charge is 2.16. The SMILES string of the molecule is O=C(NCCc1ccccc1)c1cccc2c1CCCN2. The van der Waals surface area contributed by atoms with Crippen LogP contribution in [0.4, 0.5) is 5.69 Å². The molecule has 0 unspecified atom stereocenters. The molecule has 1 amide bonds. The lowest BCUT2D eigenvalue weighted by molar-refractivity contribution is 0.0953. The summed E-state index contributed by atoms with van der Waals surface area (Å²) in [6.07, 6.45) is 2.92. The van der Waals surface area contributed by atoms with Gasteiger partial charge in [0, 0.05) is 24.3 Å². The second-order valence-corrected chi connectivity index (χ2v) is 5.35. The first-order valence-electron chi connectivity index (χ1n) is 7.52. The zero-order valence-electron chi connectivity index (χ0n) is 12.1. The van der Waals surface area contributed by atoms with Gasteiger partial charge in [0.25, 0.3) is 5.91 Å². The van der Waals surface area contributed by atoms with E-state index in [1.165, 1.54) is 5.56 Å². The minimum absolute atomic E-state index is 0.0338. The third-order valence-corrected chi connectivity index (χ3v) is 3.88. The van der Waals surface area contributed by atoms with Gasteiger partial charge in [-0.3, -0.25) is 4.79 Å². The van der Waals surface area contributed by atoms with Gasteiger partial charge in [-0.25, -0.2) is 0 Å². The molecule has 2 aromatic carbocycles. The van der Waals surface area contributed by atoms with Crippen molar-refractivity contribution in [3.63, 3.8) is 0 Å². The van der Waals surface area contributed by atoms with Crippen LogP contribution in [0.15, 0.2) is 48.5 Å². The van der Waals surface area contributed by atoms with Gasteiger partial charge in [0.15, 0.2) is 0 Å². The van der Waals surface area contributed by atoms with E-state index in [-0.39, 0.29) is 5.91 Å². The molecule has 0 bridgehead atoms. The van der Waals surface area contributed by atoms with Crippen LogP contribution in [0.25, 0.3) is 0 Å². The maximum atomic E-state index is 12.4. The van der Waals surface area contributed by atoms with Gasteiger partial charge in [-0.05, 0) is 42.5 Å². The zero-order valence-corrected chi connectivity index (χ0v) is 12.1. The first-order valence-corrected chi connectivity index (χ1v) is 7.52. The predicted molar refractivity (Wildman–Crippen MR) is 85.7 cm³/mol. The monoisotopic (exact) mass is 280 g/mol. The Morgan fingerprint density at radius 3 is 2.81 bits per heavy atom. The van der Waals surface area contributed by atoms with E-state index < -0.39 is 0 Å². The fraction of sp³-hybridized carbons (Fsp3) is 0.278. The standard InChI is InChI=1S/C18H20N2O/c21-18(20-13-11-14-6-2-1-3-7-14)16-8-4-10-17-15(16)9-5-12-19-17/h1-4,6-8,10,19H,5,9,11-13H2,(H,20,21). The zero-order chi connectivity index (χ0) is 14.5. The Labute approximate surface area is 125 Å². The van der Waals surface area contributed by atoms with Crippen LogP contribution in [0.2, 0.25) is 0 Å². The van der Waals surface area contributed by atoms with E-state index in [4.69, 9.17) is 0 Å². The van der Waals surface area contributed by atoms with Crippen LogP contribution in [0.5, 0.6) is 0 Å². The van der Waals surface area contributed by atoms with Crippen molar-refractivity contribution < 1.29 is 4.79 Å². The van der Waals surface area contributed by atoms with E-state index in [0.717, 1.165) is 42.6 Å². The molecule has 0 aliphatic carbocycles. The Balaban J connectivity index is 1.63. The third kappa shape index (κ3) is 3.24. The number of carbonyl (C=O) groups is 1. The molecule has 2 N–H and O–H groups in total. The van der Waals surface area contributed by atoms with E-state index in [1.807, 2.05) is 30.3 Å². The van der Waals surface area contributed by atoms with Crippen LogP contribution in [-0.2, 0) is 12.8 Å². The maximum absolute atomic E-state index is 12.4. The molecule has 21 heavy (non-hydrogen) atoms. The number of carbonyl (C=O) groups excluding carboxylic acids is 1. The number of rotatable bonds is 4. The summed E-state index contributed by atoms with van der Waals surface area (Å²) in [6.45, 7) is 1.66. The van der Waals surface area contributed by atoms with Crippen molar-refractivity contribution in [2.75, 3.05) is 18.4 Å². The Hall–Kier alpha value is -2.29. The van der Waals surface area contributed by atoms with Crippen LogP contribution < -0.4 is 10.6 Å². The molecule has 0 atom stereocenters. The minimum Gasteiger partial charge on any atom is -0.385 e. The number of nitrogens with one attached hydrogen (secondary N) is 2. The van der Waals surface area contributed by atoms with Crippen LogP contribution >= 0.6 is 0 Å². The summed E-state index contributed by atoms with van der Waals surface area (Å²) in [5.74, 6) is 0.0338. The highest BCUT2D eigenvalue weighted by molar-refractivity contribution is 5.97. The molecule has 0 radical (unpaired) electrons. The molecule has 3 rings (SSSR count). The average Bonchev–Trinajstić information content (AvgIpc) is 2.55. The maximum Gasteiger partial charge on any atom is 0.251 e. The Kier molecular flexibility index (Phi) is 4.20. The number of benzene rings is 2. The van der Waals surface area contributed by atoms with Crippen LogP contribution in [-0.4, -0.2) is 19.0 Å². The van der Waals surface area contributed by atoms with E-state index in [0.29, 0.717) is 6.54 Å². The van der Waals surface area contributed by atoms with E-state index in [1.54, 1.807) is 0 Å². The molecule has 3 heteroatoms. The van der Waals surface area contributed by atoms with Gasteiger partial charge in [-0.2, -0.15) is 0 Å². The molecular formula is C18H20N2O. The van der Waals surface area contributed by atoms with Crippen molar-refractivity contribution in [2.45, 2.75) is 19.3 Å². The van der Waals surface area contributed by atoms with Gasteiger partial charge in [0.2, 0.25) is 0 Å². The largest absolute Gasteiger partial charge is 0.385 e. The van der Waals surface area contributed by atoms with Gasteiger partial charge < -0.3 is 10.6 Å². The minimum atomic E-state index is 0.0338. The van der Waals surface area contributed by atoms with Gasteiger partial charge in [-0.1, -0.05) is 36.4 Å². The number of amides is 1. The summed E-state index contributed by atoms with van der Waals surface area (Å²) in [6, 6.07) is 16.1. The molecule has 1 aliphatic rings. The molecule has 0 spiro atoms. The summed E-state index contributed by atoms with van der Waals surface area (Å²) in [5.41, 5.74) is 4.32. The number of fused-ring (bicyclic) bond motifs is 1. The first kappa shape index (κ1) is 13.7. The topological polar surface area (TPSA) is 41.1 Å². The molecular weight excluding hydrogens is 260 g/mol. The van der Waals surface area contributed by atoms with Crippen molar-refractivity contribution in [3.8, 4) is 0 Å². The lowest BCUT2D eigenvalue weighted by Gasteiger charge is -2.20. The van der Waals surface area contributed by atoms with Crippen molar-refractivity contribution in [1.82, 2.24) is 5.32 Å². The summed E-state index contributed by atoms with van der Waals surface area (Å²) >= 11 is 0. The quantitative estimate of drug-likeness (QED) is 0.904. The second-order valence-electron chi connectivity index (χ2n) is 5.35. The normalized spacial score (nSPS) is 13.1. The fourth-order valence-corrected chi connectivity index (χ4v) is 2.78. The van der Waals surface area contributed by atoms with Crippen molar-refractivity contribution in [2.24, 2.45) is 0 Å². The predicted octanol–water partition coefficient (Wildman–Crippen LogP) is 3.02. The molecule has 3 nitrogen and oxygen atoms in total.